The molecule has 92 valence electrons. The number of hydrogen-bond donors (Lipinski definition) is 0. The highest BCUT2D eigenvalue weighted by atomic mass is 32.2. The summed E-state index contributed by atoms with van der Waals surface area (Å²) in [5.74, 6) is 0.714. The molecular formula is C14H13NO2S. The van der Waals surface area contributed by atoms with E-state index in [0.29, 0.717) is 10.6 Å². The van der Waals surface area contributed by atoms with E-state index < -0.39 is 11.0 Å². The molecule has 1 atom stereocenters. The molecule has 0 heterocycles. The predicted octanol–water partition coefficient (Wildman–Crippen LogP) is 2.84. The van der Waals surface area contributed by atoms with E-state index >= 15 is 0 Å². The zero-order valence-electron chi connectivity index (χ0n) is 9.95. The standard InChI is InChI=1S/C14H13NO2S/c1-17-14-10-6-5-7-12(14)11-15-18(16)13-8-3-2-4-9-13/h2-11H,1H3/b15-11+. The Morgan fingerprint density at radius 3 is 2.44 bits per heavy atom. The van der Waals surface area contributed by atoms with E-state index in [4.69, 9.17) is 4.74 Å². The lowest BCUT2D eigenvalue weighted by Crippen LogP contribution is -1.92. The minimum absolute atomic E-state index is 0.684. The van der Waals surface area contributed by atoms with Crippen LogP contribution < -0.4 is 4.74 Å². The first-order chi connectivity index (χ1) is 8.81. The molecule has 0 aliphatic rings. The smallest absolute Gasteiger partial charge is 0.172 e. The Kier molecular flexibility index (Phi) is 4.25. The van der Waals surface area contributed by atoms with Crippen LogP contribution in [0.5, 0.6) is 5.75 Å². The third-order valence-corrected chi connectivity index (χ3v) is 3.34. The van der Waals surface area contributed by atoms with Crippen LogP contribution in [0.1, 0.15) is 5.56 Å². The van der Waals surface area contributed by atoms with Gasteiger partial charge in [-0.2, -0.15) is 4.40 Å². The van der Waals surface area contributed by atoms with Crippen LogP contribution in [-0.4, -0.2) is 17.5 Å². The van der Waals surface area contributed by atoms with E-state index in [2.05, 4.69) is 4.40 Å². The van der Waals surface area contributed by atoms with Crippen LogP contribution in [-0.2, 0) is 11.0 Å². The second kappa shape index (κ2) is 6.12. The highest BCUT2D eigenvalue weighted by Crippen LogP contribution is 2.15. The topological polar surface area (TPSA) is 38.7 Å². The SMILES string of the molecule is COc1ccccc1/C=N/S(=O)c1ccccc1. The van der Waals surface area contributed by atoms with Gasteiger partial charge in [-0.25, -0.2) is 4.21 Å². The van der Waals surface area contributed by atoms with Gasteiger partial charge in [-0.1, -0.05) is 30.3 Å². The Morgan fingerprint density at radius 1 is 1.06 bits per heavy atom. The van der Waals surface area contributed by atoms with Gasteiger partial charge in [0, 0.05) is 11.8 Å². The summed E-state index contributed by atoms with van der Waals surface area (Å²) < 4.78 is 21.1. The molecule has 4 heteroatoms. The molecular weight excluding hydrogens is 246 g/mol. The van der Waals surface area contributed by atoms with Gasteiger partial charge in [0.05, 0.1) is 12.0 Å². The summed E-state index contributed by atoms with van der Waals surface area (Å²) in [6.07, 6.45) is 1.57. The molecule has 18 heavy (non-hydrogen) atoms. The van der Waals surface area contributed by atoms with Crippen LogP contribution in [0.4, 0.5) is 0 Å². The van der Waals surface area contributed by atoms with Gasteiger partial charge >= 0.3 is 0 Å². The first kappa shape index (κ1) is 12.5. The molecule has 0 saturated carbocycles. The Morgan fingerprint density at radius 2 is 1.72 bits per heavy atom. The van der Waals surface area contributed by atoms with Crippen molar-refractivity contribution in [2.24, 2.45) is 4.40 Å². The number of rotatable bonds is 4. The highest BCUT2D eigenvalue weighted by Gasteiger charge is 2.01. The molecule has 0 N–H and O–H groups in total. The van der Waals surface area contributed by atoms with Gasteiger partial charge in [-0.3, -0.25) is 0 Å². The predicted molar refractivity (Wildman–Crippen MR) is 73.4 cm³/mol. The molecule has 0 aliphatic carbocycles. The van der Waals surface area contributed by atoms with Crippen molar-refractivity contribution in [3.05, 3.63) is 60.2 Å². The number of ether oxygens (including phenoxy) is 1. The van der Waals surface area contributed by atoms with Crippen molar-refractivity contribution >= 4 is 17.2 Å². The van der Waals surface area contributed by atoms with Crippen molar-refractivity contribution in [1.82, 2.24) is 0 Å². The van der Waals surface area contributed by atoms with Crippen LogP contribution in [0.25, 0.3) is 0 Å². The molecule has 3 nitrogen and oxygen atoms in total. The third-order valence-electron chi connectivity index (χ3n) is 2.37. The summed E-state index contributed by atoms with van der Waals surface area (Å²) in [5, 5.41) is 0. The van der Waals surface area contributed by atoms with Crippen molar-refractivity contribution in [2.45, 2.75) is 4.90 Å². The van der Waals surface area contributed by atoms with Gasteiger partial charge in [-0.15, -0.1) is 0 Å². The maximum Gasteiger partial charge on any atom is 0.172 e. The summed E-state index contributed by atoms with van der Waals surface area (Å²) in [4.78, 5) is 0.684. The molecule has 0 fully saturated rings. The Labute approximate surface area is 109 Å². The molecule has 0 bridgehead atoms. The summed E-state index contributed by atoms with van der Waals surface area (Å²) in [7, 11) is 0.218. The summed E-state index contributed by atoms with van der Waals surface area (Å²) in [6, 6.07) is 16.6. The van der Waals surface area contributed by atoms with Gasteiger partial charge in [0.15, 0.2) is 11.0 Å². The first-order valence-corrected chi connectivity index (χ1v) is 6.56. The number of hydrogen-bond acceptors (Lipinski definition) is 2. The van der Waals surface area contributed by atoms with Gasteiger partial charge in [-0.05, 0) is 24.3 Å². The van der Waals surface area contributed by atoms with Crippen LogP contribution in [0.15, 0.2) is 63.9 Å². The van der Waals surface area contributed by atoms with Crippen molar-refractivity contribution in [3.8, 4) is 5.75 Å². The molecule has 1 unspecified atom stereocenters. The molecule has 0 aromatic heterocycles. The van der Waals surface area contributed by atoms with E-state index in [-0.39, 0.29) is 0 Å². The minimum atomic E-state index is -1.38. The fourth-order valence-electron chi connectivity index (χ4n) is 1.48. The zero-order valence-corrected chi connectivity index (χ0v) is 10.8. The highest BCUT2D eigenvalue weighted by molar-refractivity contribution is 7.83. The van der Waals surface area contributed by atoms with Crippen LogP contribution in [0.2, 0.25) is 0 Å². The average molecular weight is 259 g/mol. The van der Waals surface area contributed by atoms with Crippen LogP contribution in [0.3, 0.4) is 0 Å². The van der Waals surface area contributed by atoms with Crippen molar-refractivity contribution in [3.63, 3.8) is 0 Å². The van der Waals surface area contributed by atoms with E-state index in [1.54, 1.807) is 25.5 Å². The van der Waals surface area contributed by atoms with Crippen molar-refractivity contribution in [1.29, 1.82) is 0 Å². The molecule has 0 radical (unpaired) electrons. The maximum absolute atomic E-state index is 11.9. The van der Waals surface area contributed by atoms with Crippen LogP contribution in [0, 0.1) is 0 Å². The Bertz CT molecular complexity index is 567. The van der Waals surface area contributed by atoms with Gasteiger partial charge in [0.2, 0.25) is 0 Å². The fourth-order valence-corrected chi connectivity index (χ4v) is 2.20. The number of methoxy groups -OCH3 is 1. The third kappa shape index (κ3) is 3.05. The zero-order chi connectivity index (χ0) is 12.8. The summed E-state index contributed by atoms with van der Waals surface area (Å²) in [5.41, 5.74) is 0.810. The maximum atomic E-state index is 11.9. The van der Waals surface area contributed by atoms with E-state index in [0.717, 1.165) is 5.56 Å². The lowest BCUT2D eigenvalue weighted by molar-refractivity contribution is 0.414. The van der Waals surface area contributed by atoms with Crippen LogP contribution >= 0.6 is 0 Å². The van der Waals surface area contributed by atoms with E-state index in [9.17, 15) is 4.21 Å². The summed E-state index contributed by atoms with van der Waals surface area (Å²) >= 11 is 0. The molecule has 0 aliphatic heterocycles. The molecule has 2 aromatic carbocycles. The normalized spacial score (nSPS) is 12.5. The molecule has 0 saturated heterocycles. The number of nitrogens with zero attached hydrogens (tertiary/aromatic N) is 1. The largest absolute Gasteiger partial charge is 0.496 e. The van der Waals surface area contributed by atoms with Crippen molar-refractivity contribution in [2.75, 3.05) is 7.11 Å². The summed E-state index contributed by atoms with van der Waals surface area (Å²) in [6.45, 7) is 0. The second-order valence-electron chi connectivity index (χ2n) is 3.54. The van der Waals surface area contributed by atoms with Gasteiger partial charge in [0.1, 0.15) is 5.75 Å². The molecule has 2 aromatic rings. The number of para-hydroxylation sites is 1. The van der Waals surface area contributed by atoms with E-state index in [1.165, 1.54) is 0 Å². The molecule has 2 rings (SSSR count). The minimum Gasteiger partial charge on any atom is -0.496 e. The monoisotopic (exact) mass is 259 g/mol. The first-order valence-electron chi connectivity index (χ1n) is 5.45. The Balaban J connectivity index is 2.19. The molecule has 0 spiro atoms. The lowest BCUT2D eigenvalue weighted by Gasteiger charge is -2.02. The number of benzene rings is 2. The van der Waals surface area contributed by atoms with E-state index in [1.807, 2.05) is 42.5 Å². The quantitative estimate of drug-likeness (QED) is 0.792. The van der Waals surface area contributed by atoms with Gasteiger partial charge in [0.25, 0.3) is 0 Å². The lowest BCUT2D eigenvalue weighted by atomic mass is 10.2. The second-order valence-corrected chi connectivity index (χ2v) is 4.72. The fraction of sp³-hybridized carbons (Fsp3) is 0.0714. The molecule has 0 amide bonds. The Hall–Kier alpha value is -1.94. The average Bonchev–Trinajstić information content (AvgIpc) is 2.46. The van der Waals surface area contributed by atoms with Crippen molar-refractivity contribution < 1.29 is 8.95 Å². The van der Waals surface area contributed by atoms with Gasteiger partial charge < -0.3 is 4.74 Å².